The maximum Gasteiger partial charge on any atom is 0.319 e. The predicted octanol–water partition coefficient (Wildman–Crippen LogP) is 2.03. The van der Waals surface area contributed by atoms with Crippen LogP contribution in [0.3, 0.4) is 0 Å². The van der Waals surface area contributed by atoms with Crippen molar-refractivity contribution in [2.45, 2.75) is 30.7 Å². The van der Waals surface area contributed by atoms with Crippen molar-refractivity contribution in [3.8, 4) is 29.0 Å². The van der Waals surface area contributed by atoms with Gasteiger partial charge in [0.25, 0.3) is 0 Å². The van der Waals surface area contributed by atoms with Crippen LogP contribution in [0.4, 0.5) is 0 Å². The lowest BCUT2D eigenvalue weighted by Gasteiger charge is -2.39. The first-order valence-corrected chi connectivity index (χ1v) is 13.0. The minimum absolute atomic E-state index is 0.166. The molecule has 2 aromatic carbocycles. The van der Waals surface area contributed by atoms with Gasteiger partial charge >= 0.3 is 6.01 Å². The minimum Gasteiger partial charge on any atom is -0.493 e. The van der Waals surface area contributed by atoms with Crippen molar-refractivity contribution in [3.63, 3.8) is 0 Å². The molecule has 224 valence electrons. The summed E-state index contributed by atoms with van der Waals surface area (Å²) in [4.78, 5) is 8.82. The molecule has 1 aliphatic rings. The van der Waals surface area contributed by atoms with Crippen LogP contribution in [0.1, 0.15) is 22.5 Å². The second-order valence-corrected chi connectivity index (χ2v) is 9.21. The summed E-state index contributed by atoms with van der Waals surface area (Å²) >= 11 is 0. The highest BCUT2D eigenvalue weighted by Crippen LogP contribution is 2.30. The second kappa shape index (κ2) is 14.1. The van der Waals surface area contributed by atoms with E-state index in [1.54, 1.807) is 70.9 Å². The fourth-order valence-electron chi connectivity index (χ4n) is 4.23. The molecule has 1 saturated heterocycles. The zero-order chi connectivity index (χ0) is 30.2. The molecule has 12 nitrogen and oxygen atoms in total. The van der Waals surface area contributed by atoms with E-state index in [0.29, 0.717) is 34.4 Å². The van der Waals surface area contributed by atoms with Crippen LogP contribution in [0.2, 0.25) is 0 Å². The average molecular weight is 583 g/mol. The van der Waals surface area contributed by atoms with E-state index in [4.69, 9.17) is 28.4 Å². The maximum absolute atomic E-state index is 10.4. The third-order valence-electron chi connectivity index (χ3n) is 6.52. The summed E-state index contributed by atoms with van der Waals surface area (Å²) in [6.07, 6.45) is -0.274. The van der Waals surface area contributed by atoms with Crippen LogP contribution in [0.25, 0.3) is 24.3 Å². The Kier molecular flexibility index (Phi) is 10.3. The molecule has 42 heavy (non-hydrogen) atoms. The lowest BCUT2D eigenvalue weighted by molar-refractivity contribution is -0.278. The molecule has 0 unspecified atom stereocenters. The number of rotatable bonds is 11. The summed E-state index contributed by atoms with van der Waals surface area (Å²) in [7, 11) is 6.22. The SMILES string of the molecule is COc1ccc(/C=C/c2cc(/C=C/c3ccc(OC)c(OC)c3)nc(O[C@@H]3O[C@H](CO)[C@@H](O)[C@H](O)[C@H]3O)n2)cc1OC. The van der Waals surface area contributed by atoms with E-state index in [9.17, 15) is 20.4 Å². The Bertz CT molecular complexity index is 1330. The van der Waals surface area contributed by atoms with Crippen LogP contribution in [0, 0.1) is 0 Å². The number of nitrogens with zero attached hydrogens (tertiary/aromatic N) is 2. The van der Waals surface area contributed by atoms with Gasteiger partial charge in [0, 0.05) is 0 Å². The third kappa shape index (κ3) is 7.16. The highest BCUT2D eigenvalue weighted by Gasteiger charge is 2.45. The smallest absolute Gasteiger partial charge is 0.319 e. The van der Waals surface area contributed by atoms with Crippen molar-refractivity contribution < 1.29 is 48.8 Å². The molecule has 1 aromatic heterocycles. The molecule has 0 saturated carbocycles. The lowest BCUT2D eigenvalue weighted by atomic mass is 9.99. The molecular weight excluding hydrogens is 548 g/mol. The Morgan fingerprint density at radius 2 is 1.17 bits per heavy atom. The summed E-state index contributed by atoms with van der Waals surface area (Å²) in [6, 6.07) is 12.4. The third-order valence-corrected chi connectivity index (χ3v) is 6.52. The molecule has 0 spiro atoms. The number of aromatic nitrogens is 2. The normalized spacial score (nSPS) is 22.3. The molecule has 0 aliphatic carbocycles. The van der Waals surface area contributed by atoms with E-state index in [1.165, 1.54) is 0 Å². The van der Waals surface area contributed by atoms with Crippen molar-refractivity contribution in [2.75, 3.05) is 35.0 Å². The van der Waals surface area contributed by atoms with Gasteiger partial charge in [-0.3, -0.25) is 0 Å². The van der Waals surface area contributed by atoms with Gasteiger partial charge < -0.3 is 48.8 Å². The first-order valence-electron chi connectivity index (χ1n) is 13.0. The summed E-state index contributed by atoms with van der Waals surface area (Å²) in [6.45, 7) is -0.598. The Morgan fingerprint density at radius 1 is 0.667 bits per heavy atom. The van der Waals surface area contributed by atoms with Crippen LogP contribution in [0.15, 0.2) is 42.5 Å². The van der Waals surface area contributed by atoms with Gasteiger partial charge in [0.15, 0.2) is 23.0 Å². The Hall–Kier alpha value is -4.20. The fourth-order valence-corrected chi connectivity index (χ4v) is 4.23. The van der Waals surface area contributed by atoms with Crippen molar-refractivity contribution in [1.82, 2.24) is 9.97 Å². The number of hydrogen-bond donors (Lipinski definition) is 4. The molecule has 5 atom stereocenters. The standard InChI is InChI=1S/C30H34N2O10/c1-37-21-11-7-17(13-23(21)39-3)5-9-19-15-20(10-6-18-8-12-22(38-2)24(14-18)40-4)32-30(31-19)42-29-28(36)27(35)26(34)25(16-33)41-29/h5-15,25-29,33-36H,16H2,1-4H3/b9-5+,10-6+/t25-,26-,27+,28-,29+/m1/s1. The van der Waals surface area contributed by atoms with Crippen molar-refractivity contribution in [1.29, 1.82) is 0 Å². The van der Waals surface area contributed by atoms with Gasteiger partial charge in [-0.1, -0.05) is 24.3 Å². The van der Waals surface area contributed by atoms with Crippen LogP contribution in [-0.4, -0.2) is 96.1 Å². The summed E-state index contributed by atoms with van der Waals surface area (Å²) < 4.78 is 32.5. The predicted molar refractivity (Wildman–Crippen MR) is 153 cm³/mol. The lowest BCUT2D eigenvalue weighted by Crippen LogP contribution is -2.60. The zero-order valence-electron chi connectivity index (χ0n) is 23.6. The van der Waals surface area contributed by atoms with Gasteiger partial charge in [-0.2, -0.15) is 9.97 Å². The molecule has 2 heterocycles. The molecule has 0 bridgehead atoms. The van der Waals surface area contributed by atoms with Gasteiger partial charge in [0.2, 0.25) is 6.29 Å². The second-order valence-electron chi connectivity index (χ2n) is 9.21. The van der Waals surface area contributed by atoms with Crippen molar-refractivity contribution in [2.24, 2.45) is 0 Å². The van der Waals surface area contributed by atoms with Crippen LogP contribution in [-0.2, 0) is 4.74 Å². The van der Waals surface area contributed by atoms with E-state index in [2.05, 4.69) is 9.97 Å². The molecule has 3 aromatic rings. The largest absolute Gasteiger partial charge is 0.493 e. The van der Waals surface area contributed by atoms with E-state index < -0.39 is 37.3 Å². The van der Waals surface area contributed by atoms with E-state index >= 15 is 0 Å². The van der Waals surface area contributed by atoms with Gasteiger partial charge in [-0.05, 0) is 53.6 Å². The zero-order valence-corrected chi connectivity index (χ0v) is 23.6. The van der Waals surface area contributed by atoms with Crippen LogP contribution >= 0.6 is 0 Å². The molecular formula is C30H34N2O10. The van der Waals surface area contributed by atoms with Gasteiger partial charge in [-0.15, -0.1) is 0 Å². The fraction of sp³-hybridized carbons (Fsp3) is 0.333. The molecule has 12 heteroatoms. The van der Waals surface area contributed by atoms with Crippen molar-refractivity contribution >= 4 is 24.3 Å². The first kappa shape index (κ1) is 30.8. The Labute approximate surface area is 243 Å². The van der Waals surface area contributed by atoms with Gasteiger partial charge in [-0.25, -0.2) is 0 Å². The van der Waals surface area contributed by atoms with Crippen molar-refractivity contribution in [3.05, 3.63) is 65.0 Å². The number of hydrogen-bond acceptors (Lipinski definition) is 12. The number of aliphatic hydroxyl groups excluding tert-OH is 4. The number of methoxy groups -OCH3 is 4. The summed E-state index contributed by atoms with van der Waals surface area (Å²) in [5.41, 5.74) is 2.52. The van der Waals surface area contributed by atoms with Crippen LogP contribution in [0.5, 0.6) is 29.0 Å². The molecule has 4 rings (SSSR count). The Morgan fingerprint density at radius 3 is 1.62 bits per heavy atom. The topological polar surface area (TPSA) is 162 Å². The van der Waals surface area contributed by atoms with Gasteiger partial charge in [0.1, 0.15) is 24.4 Å². The quantitative estimate of drug-likeness (QED) is 0.261. The monoisotopic (exact) mass is 582 g/mol. The van der Waals surface area contributed by atoms with Gasteiger partial charge in [0.05, 0.1) is 46.4 Å². The molecule has 0 radical (unpaired) electrons. The van der Waals surface area contributed by atoms with E-state index in [1.807, 2.05) is 24.3 Å². The van der Waals surface area contributed by atoms with Crippen LogP contribution < -0.4 is 23.7 Å². The van der Waals surface area contributed by atoms with E-state index in [0.717, 1.165) is 11.1 Å². The Balaban J connectivity index is 1.67. The number of ether oxygens (including phenoxy) is 6. The first-order chi connectivity index (χ1) is 20.3. The highest BCUT2D eigenvalue weighted by molar-refractivity contribution is 5.73. The molecule has 4 N–H and O–H groups in total. The minimum atomic E-state index is -1.62. The summed E-state index contributed by atoms with van der Waals surface area (Å²) in [5.74, 6) is 2.31. The van der Waals surface area contributed by atoms with E-state index in [-0.39, 0.29) is 6.01 Å². The number of aliphatic hydroxyl groups is 4. The molecule has 1 aliphatic heterocycles. The number of benzene rings is 2. The molecule has 0 amide bonds. The highest BCUT2D eigenvalue weighted by atomic mass is 16.7. The maximum atomic E-state index is 10.4. The molecule has 1 fully saturated rings. The average Bonchev–Trinajstić information content (AvgIpc) is 3.02. The summed E-state index contributed by atoms with van der Waals surface area (Å²) in [5, 5.41) is 40.2.